The van der Waals surface area contributed by atoms with E-state index in [1.54, 1.807) is 0 Å². The highest BCUT2D eigenvalue weighted by molar-refractivity contribution is 6.10. The summed E-state index contributed by atoms with van der Waals surface area (Å²) in [6.45, 7) is 13.8. The second-order valence-corrected chi connectivity index (χ2v) is 3.79. The zero-order valence-corrected chi connectivity index (χ0v) is 11.2. The standard InChI is InChI=1S/C16H23N/c1-6-10-14(4)12-9-13-15(5)16(11-7-2)17-8-3/h7-11,13H,3,5-6,12H2,1-2,4H3/b11-7-,13-9-,14-10-,17-16?. The minimum Gasteiger partial charge on any atom is -0.257 e. The van der Waals surface area contributed by atoms with Crippen molar-refractivity contribution >= 4 is 5.71 Å². The molecular weight excluding hydrogens is 206 g/mol. The molecule has 1 nitrogen and oxygen atoms in total. The van der Waals surface area contributed by atoms with Crippen LogP contribution in [0.2, 0.25) is 0 Å². The molecule has 0 fully saturated rings. The average molecular weight is 229 g/mol. The molecule has 92 valence electrons. The van der Waals surface area contributed by atoms with E-state index in [1.807, 2.05) is 25.2 Å². The molecule has 17 heavy (non-hydrogen) atoms. The Morgan fingerprint density at radius 2 is 2.00 bits per heavy atom. The van der Waals surface area contributed by atoms with Gasteiger partial charge < -0.3 is 0 Å². The number of hydrogen-bond donors (Lipinski definition) is 0. The van der Waals surface area contributed by atoms with Gasteiger partial charge in [0.15, 0.2) is 0 Å². The predicted octanol–water partition coefficient (Wildman–Crippen LogP) is 5.01. The summed E-state index contributed by atoms with van der Waals surface area (Å²) in [5, 5.41) is 0. The Balaban J connectivity index is 4.52. The zero-order chi connectivity index (χ0) is 13.1. The van der Waals surface area contributed by atoms with E-state index in [1.165, 1.54) is 11.8 Å². The third-order valence-corrected chi connectivity index (χ3v) is 2.20. The fourth-order valence-corrected chi connectivity index (χ4v) is 1.39. The number of allylic oxidation sites excluding steroid dienone is 7. The monoisotopic (exact) mass is 229 g/mol. The van der Waals surface area contributed by atoms with Crippen LogP contribution >= 0.6 is 0 Å². The third-order valence-electron chi connectivity index (χ3n) is 2.20. The summed E-state index contributed by atoms with van der Waals surface area (Å²) < 4.78 is 0. The SMILES string of the molecule is C=CN=C(/C=C\C)C(=C)/C=C\C/C(C)=C\CC. The molecule has 0 unspecified atom stereocenters. The molecule has 0 aliphatic carbocycles. The van der Waals surface area contributed by atoms with Gasteiger partial charge in [0.2, 0.25) is 0 Å². The van der Waals surface area contributed by atoms with E-state index >= 15 is 0 Å². The molecule has 0 atom stereocenters. The summed E-state index contributed by atoms with van der Waals surface area (Å²) in [5.41, 5.74) is 3.15. The molecular formula is C16H23N. The van der Waals surface area contributed by atoms with Crippen LogP contribution in [0.5, 0.6) is 0 Å². The predicted molar refractivity (Wildman–Crippen MR) is 79.4 cm³/mol. The van der Waals surface area contributed by atoms with Crippen molar-refractivity contribution < 1.29 is 0 Å². The lowest BCUT2D eigenvalue weighted by Crippen LogP contribution is -1.94. The van der Waals surface area contributed by atoms with E-state index in [2.05, 4.69) is 44.1 Å². The lowest BCUT2D eigenvalue weighted by molar-refractivity contribution is 1.12. The van der Waals surface area contributed by atoms with Crippen LogP contribution in [0.15, 0.2) is 65.9 Å². The van der Waals surface area contributed by atoms with E-state index in [9.17, 15) is 0 Å². The second-order valence-electron chi connectivity index (χ2n) is 3.79. The Bertz CT molecular complexity index is 365. The van der Waals surface area contributed by atoms with Crippen LogP contribution in [0.4, 0.5) is 0 Å². The highest BCUT2D eigenvalue weighted by atomic mass is 14.7. The first-order chi connectivity index (χ1) is 8.15. The molecule has 0 aromatic rings. The highest BCUT2D eigenvalue weighted by Gasteiger charge is 1.95. The summed E-state index contributed by atoms with van der Waals surface area (Å²) in [4.78, 5) is 4.18. The van der Waals surface area contributed by atoms with Crippen molar-refractivity contribution in [3.8, 4) is 0 Å². The molecule has 0 amide bonds. The molecule has 0 heterocycles. The van der Waals surface area contributed by atoms with Gasteiger partial charge >= 0.3 is 0 Å². The first-order valence-corrected chi connectivity index (χ1v) is 5.98. The molecule has 0 spiro atoms. The Labute approximate surface area is 106 Å². The largest absolute Gasteiger partial charge is 0.257 e. The maximum atomic E-state index is 4.18. The van der Waals surface area contributed by atoms with Gasteiger partial charge in [-0.25, -0.2) is 0 Å². The summed E-state index contributed by atoms with van der Waals surface area (Å²) in [6, 6.07) is 0. The third kappa shape index (κ3) is 7.29. The molecule has 0 aliphatic heterocycles. The zero-order valence-electron chi connectivity index (χ0n) is 11.2. The van der Waals surface area contributed by atoms with Gasteiger partial charge in [-0.1, -0.05) is 50.0 Å². The number of nitrogens with zero attached hydrogens (tertiary/aromatic N) is 1. The van der Waals surface area contributed by atoms with Crippen LogP contribution in [0.25, 0.3) is 0 Å². The van der Waals surface area contributed by atoms with Crippen molar-refractivity contribution in [2.45, 2.75) is 33.6 Å². The van der Waals surface area contributed by atoms with Gasteiger partial charge in [0, 0.05) is 6.20 Å². The van der Waals surface area contributed by atoms with E-state index < -0.39 is 0 Å². The van der Waals surface area contributed by atoms with Crippen LogP contribution in [0, 0.1) is 0 Å². The smallest absolute Gasteiger partial charge is 0.0692 e. The second kappa shape index (κ2) is 9.59. The number of aliphatic imine (C=N–C) groups is 1. The Morgan fingerprint density at radius 3 is 2.53 bits per heavy atom. The number of hydrogen-bond acceptors (Lipinski definition) is 1. The van der Waals surface area contributed by atoms with Crippen molar-refractivity contribution in [2.75, 3.05) is 0 Å². The Hall–Kier alpha value is -1.63. The summed E-state index contributed by atoms with van der Waals surface area (Å²) in [5.74, 6) is 0. The van der Waals surface area contributed by atoms with Crippen molar-refractivity contribution in [2.24, 2.45) is 4.99 Å². The fourth-order valence-electron chi connectivity index (χ4n) is 1.39. The van der Waals surface area contributed by atoms with Crippen LogP contribution in [0.3, 0.4) is 0 Å². The molecule has 0 aromatic heterocycles. The van der Waals surface area contributed by atoms with Crippen molar-refractivity contribution in [1.82, 2.24) is 0 Å². The molecule has 0 rings (SSSR count). The molecule has 0 N–H and O–H groups in total. The highest BCUT2D eigenvalue weighted by Crippen LogP contribution is 2.06. The van der Waals surface area contributed by atoms with Crippen LogP contribution in [0.1, 0.15) is 33.6 Å². The van der Waals surface area contributed by atoms with Gasteiger partial charge in [0.25, 0.3) is 0 Å². The summed E-state index contributed by atoms with van der Waals surface area (Å²) in [6.07, 6.45) is 13.8. The summed E-state index contributed by atoms with van der Waals surface area (Å²) >= 11 is 0. The topological polar surface area (TPSA) is 12.4 Å². The van der Waals surface area contributed by atoms with Gasteiger partial charge in [-0.3, -0.25) is 4.99 Å². The quantitative estimate of drug-likeness (QED) is 0.331. The maximum Gasteiger partial charge on any atom is 0.0692 e. The Morgan fingerprint density at radius 1 is 1.29 bits per heavy atom. The lowest BCUT2D eigenvalue weighted by atomic mass is 10.1. The first kappa shape index (κ1) is 15.4. The van der Waals surface area contributed by atoms with Gasteiger partial charge in [-0.15, -0.1) is 0 Å². The van der Waals surface area contributed by atoms with Gasteiger partial charge in [0.1, 0.15) is 0 Å². The minimum atomic E-state index is 0.857. The van der Waals surface area contributed by atoms with E-state index in [4.69, 9.17) is 0 Å². The molecule has 0 saturated heterocycles. The number of rotatable bonds is 7. The average Bonchev–Trinajstić information content (AvgIpc) is 2.29. The fraction of sp³-hybridized carbons (Fsp3) is 0.312. The molecule has 0 saturated carbocycles. The molecule has 0 aromatic carbocycles. The summed E-state index contributed by atoms with van der Waals surface area (Å²) in [7, 11) is 0. The van der Waals surface area contributed by atoms with E-state index in [-0.39, 0.29) is 0 Å². The molecule has 0 bridgehead atoms. The lowest BCUT2D eigenvalue weighted by Gasteiger charge is -1.99. The Kier molecular flexibility index (Phi) is 8.67. The van der Waals surface area contributed by atoms with Crippen LogP contribution in [-0.4, -0.2) is 5.71 Å². The van der Waals surface area contributed by atoms with Crippen LogP contribution < -0.4 is 0 Å². The van der Waals surface area contributed by atoms with Crippen molar-refractivity contribution in [3.05, 3.63) is 60.9 Å². The first-order valence-electron chi connectivity index (χ1n) is 5.98. The normalized spacial score (nSPS) is 13.6. The van der Waals surface area contributed by atoms with Crippen molar-refractivity contribution in [1.29, 1.82) is 0 Å². The molecule has 1 heteroatoms. The molecule has 0 radical (unpaired) electrons. The van der Waals surface area contributed by atoms with Crippen LogP contribution in [-0.2, 0) is 0 Å². The molecule has 0 aliphatic rings. The van der Waals surface area contributed by atoms with E-state index in [0.29, 0.717) is 0 Å². The minimum absolute atomic E-state index is 0.857. The van der Waals surface area contributed by atoms with Gasteiger partial charge in [-0.05, 0) is 38.3 Å². The van der Waals surface area contributed by atoms with Gasteiger partial charge in [-0.2, -0.15) is 0 Å². The van der Waals surface area contributed by atoms with Gasteiger partial charge in [0.05, 0.1) is 5.71 Å². The van der Waals surface area contributed by atoms with E-state index in [0.717, 1.165) is 24.1 Å². The maximum absolute atomic E-state index is 4.18. The van der Waals surface area contributed by atoms with Crippen molar-refractivity contribution in [3.63, 3.8) is 0 Å².